The van der Waals surface area contributed by atoms with Gasteiger partial charge in [0.25, 0.3) is 0 Å². The van der Waals surface area contributed by atoms with Crippen molar-refractivity contribution >= 4 is 6.16 Å². The Morgan fingerprint density at radius 1 is 0.577 bits per heavy atom. The molecule has 0 heterocycles. The lowest BCUT2D eigenvalue weighted by Gasteiger charge is -2.07. The standard InChI is InChI=1S/C19H40N2O5/c22-15-13-20-11-7-3-1-5-9-17-25-19(24)26-18-10-6-2-4-8-12-21-14-16-23/h20-23H,1-18H2. The number of aliphatic hydroxyl groups is 2. The van der Waals surface area contributed by atoms with E-state index in [0.29, 0.717) is 26.3 Å². The molecule has 4 N–H and O–H groups in total. The van der Waals surface area contributed by atoms with Gasteiger partial charge in [-0.05, 0) is 38.8 Å². The first-order chi connectivity index (χ1) is 12.8. The van der Waals surface area contributed by atoms with E-state index < -0.39 is 6.16 Å². The Labute approximate surface area is 158 Å². The van der Waals surface area contributed by atoms with Gasteiger partial charge in [0, 0.05) is 13.1 Å². The molecule has 0 unspecified atom stereocenters. The van der Waals surface area contributed by atoms with Gasteiger partial charge in [0.15, 0.2) is 0 Å². The molecule has 0 fully saturated rings. The summed E-state index contributed by atoms with van der Waals surface area (Å²) >= 11 is 0. The molecule has 0 rings (SSSR count). The number of carbonyl (C=O) groups is 1. The molecule has 0 aliphatic rings. The zero-order chi connectivity index (χ0) is 19.1. The van der Waals surface area contributed by atoms with Crippen molar-refractivity contribution in [3.8, 4) is 0 Å². The van der Waals surface area contributed by atoms with Crippen molar-refractivity contribution in [2.45, 2.75) is 64.2 Å². The molecular formula is C19H40N2O5. The monoisotopic (exact) mass is 376 g/mol. The third-order valence-electron chi connectivity index (χ3n) is 4.01. The second-order valence-electron chi connectivity index (χ2n) is 6.43. The van der Waals surface area contributed by atoms with E-state index in [1.165, 1.54) is 0 Å². The summed E-state index contributed by atoms with van der Waals surface area (Å²) in [6.45, 7) is 4.48. The molecule has 156 valence electrons. The van der Waals surface area contributed by atoms with E-state index in [1.807, 2.05) is 0 Å². The van der Waals surface area contributed by atoms with Crippen molar-refractivity contribution in [3.05, 3.63) is 0 Å². The third-order valence-corrected chi connectivity index (χ3v) is 4.01. The van der Waals surface area contributed by atoms with Crippen LogP contribution in [0.25, 0.3) is 0 Å². The molecule has 0 saturated heterocycles. The van der Waals surface area contributed by atoms with Crippen LogP contribution < -0.4 is 10.6 Å². The highest BCUT2D eigenvalue weighted by atomic mass is 16.7. The zero-order valence-corrected chi connectivity index (χ0v) is 16.3. The van der Waals surface area contributed by atoms with Crippen molar-refractivity contribution in [1.82, 2.24) is 10.6 Å². The molecule has 0 amide bonds. The van der Waals surface area contributed by atoms with Gasteiger partial charge in [-0.25, -0.2) is 4.79 Å². The molecule has 26 heavy (non-hydrogen) atoms. The Morgan fingerprint density at radius 3 is 1.38 bits per heavy atom. The minimum absolute atomic E-state index is 0.192. The van der Waals surface area contributed by atoms with Crippen molar-refractivity contribution in [2.75, 3.05) is 52.6 Å². The average molecular weight is 377 g/mol. The van der Waals surface area contributed by atoms with Crippen LogP contribution in [0.4, 0.5) is 4.79 Å². The fraction of sp³-hybridized carbons (Fsp3) is 0.947. The summed E-state index contributed by atoms with van der Waals surface area (Å²) in [7, 11) is 0. The molecule has 0 bridgehead atoms. The first-order valence-electron chi connectivity index (χ1n) is 10.2. The van der Waals surface area contributed by atoms with Crippen LogP contribution in [0.2, 0.25) is 0 Å². The number of nitrogens with one attached hydrogen (secondary N) is 2. The van der Waals surface area contributed by atoms with Gasteiger partial charge in [-0.1, -0.05) is 38.5 Å². The highest BCUT2D eigenvalue weighted by Crippen LogP contribution is 2.05. The molecular weight excluding hydrogens is 336 g/mol. The van der Waals surface area contributed by atoms with E-state index in [0.717, 1.165) is 77.3 Å². The van der Waals surface area contributed by atoms with Crippen LogP contribution in [0.15, 0.2) is 0 Å². The number of hydrogen-bond acceptors (Lipinski definition) is 7. The molecule has 0 saturated carbocycles. The molecule has 7 heteroatoms. The minimum atomic E-state index is -0.550. The van der Waals surface area contributed by atoms with Crippen molar-refractivity contribution in [2.24, 2.45) is 0 Å². The smallest absolute Gasteiger partial charge is 0.434 e. The van der Waals surface area contributed by atoms with Gasteiger partial charge in [-0.15, -0.1) is 0 Å². The Bertz CT molecular complexity index is 267. The lowest BCUT2D eigenvalue weighted by Crippen LogP contribution is -2.19. The maximum absolute atomic E-state index is 11.4. The van der Waals surface area contributed by atoms with Gasteiger partial charge in [0.2, 0.25) is 0 Å². The first-order valence-corrected chi connectivity index (χ1v) is 10.2. The molecule has 0 aromatic carbocycles. The summed E-state index contributed by atoms with van der Waals surface area (Å²) in [4.78, 5) is 11.4. The number of rotatable bonds is 20. The minimum Gasteiger partial charge on any atom is -0.434 e. The van der Waals surface area contributed by atoms with Crippen molar-refractivity contribution in [3.63, 3.8) is 0 Å². The van der Waals surface area contributed by atoms with Gasteiger partial charge in [0.05, 0.1) is 26.4 Å². The van der Waals surface area contributed by atoms with Gasteiger partial charge in [-0.2, -0.15) is 0 Å². The summed E-state index contributed by atoms with van der Waals surface area (Å²) in [5, 5.41) is 23.5. The quantitative estimate of drug-likeness (QED) is 0.191. The summed E-state index contributed by atoms with van der Waals surface area (Å²) in [6.07, 6.45) is 10.1. The molecule has 0 radical (unpaired) electrons. The van der Waals surface area contributed by atoms with Crippen LogP contribution in [0, 0.1) is 0 Å². The predicted molar refractivity (Wildman–Crippen MR) is 103 cm³/mol. The molecule has 0 aromatic heterocycles. The SMILES string of the molecule is O=C(OCCCCCCCNCCO)OCCCCCCCNCCO. The van der Waals surface area contributed by atoms with Crippen molar-refractivity contribution < 1.29 is 24.5 Å². The average Bonchev–Trinajstić information content (AvgIpc) is 2.64. The van der Waals surface area contributed by atoms with Gasteiger partial charge >= 0.3 is 6.16 Å². The summed E-state index contributed by atoms with van der Waals surface area (Å²) in [5.41, 5.74) is 0. The second-order valence-corrected chi connectivity index (χ2v) is 6.43. The molecule has 0 aliphatic carbocycles. The Balaban J connectivity index is 3.13. The Morgan fingerprint density at radius 2 is 0.962 bits per heavy atom. The Hall–Kier alpha value is -0.890. The van der Waals surface area contributed by atoms with Crippen LogP contribution in [0.1, 0.15) is 64.2 Å². The normalized spacial score (nSPS) is 10.8. The predicted octanol–water partition coefficient (Wildman–Crippen LogP) is 2.20. The first kappa shape index (κ1) is 25.1. The topological polar surface area (TPSA) is 100 Å². The molecule has 0 atom stereocenters. The van der Waals surface area contributed by atoms with Crippen LogP contribution in [0.3, 0.4) is 0 Å². The van der Waals surface area contributed by atoms with E-state index in [9.17, 15) is 4.79 Å². The number of aliphatic hydroxyl groups excluding tert-OH is 2. The molecule has 7 nitrogen and oxygen atoms in total. The van der Waals surface area contributed by atoms with Gasteiger partial charge < -0.3 is 30.3 Å². The zero-order valence-electron chi connectivity index (χ0n) is 16.3. The van der Waals surface area contributed by atoms with E-state index in [1.54, 1.807) is 0 Å². The lowest BCUT2D eigenvalue weighted by molar-refractivity contribution is 0.0529. The van der Waals surface area contributed by atoms with E-state index in [2.05, 4.69) is 10.6 Å². The van der Waals surface area contributed by atoms with Crippen LogP contribution >= 0.6 is 0 Å². The summed E-state index contributed by atoms with van der Waals surface area (Å²) in [6, 6.07) is 0. The van der Waals surface area contributed by atoms with E-state index in [4.69, 9.17) is 19.7 Å². The fourth-order valence-corrected chi connectivity index (χ4v) is 2.53. The van der Waals surface area contributed by atoms with Gasteiger partial charge in [0.1, 0.15) is 0 Å². The van der Waals surface area contributed by atoms with Gasteiger partial charge in [-0.3, -0.25) is 0 Å². The number of ether oxygens (including phenoxy) is 2. The number of unbranched alkanes of at least 4 members (excludes halogenated alkanes) is 8. The van der Waals surface area contributed by atoms with Crippen LogP contribution in [-0.2, 0) is 9.47 Å². The third kappa shape index (κ3) is 21.2. The van der Waals surface area contributed by atoms with Crippen molar-refractivity contribution in [1.29, 1.82) is 0 Å². The highest BCUT2D eigenvalue weighted by Gasteiger charge is 2.03. The van der Waals surface area contributed by atoms with Crippen LogP contribution in [-0.4, -0.2) is 69.0 Å². The summed E-state index contributed by atoms with van der Waals surface area (Å²) < 4.78 is 10.1. The molecule has 0 aromatic rings. The highest BCUT2D eigenvalue weighted by molar-refractivity contribution is 5.59. The van der Waals surface area contributed by atoms with Crippen LogP contribution in [0.5, 0.6) is 0 Å². The summed E-state index contributed by atoms with van der Waals surface area (Å²) in [5.74, 6) is 0. The van der Waals surface area contributed by atoms with E-state index >= 15 is 0 Å². The molecule has 0 spiro atoms. The fourth-order valence-electron chi connectivity index (χ4n) is 2.53. The maximum Gasteiger partial charge on any atom is 0.508 e. The largest absolute Gasteiger partial charge is 0.508 e. The second kappa shape index (κ2) is 22.2. The number of carbonyl (C=O) groups excluding carboxylic acids is 1. The number of hydrogen-bond donors (Lipinski definition) is 4. The molecule has 0 aliphatic heterocycles. The van der Waals surface area contributed by atoms with E-state index in [-0.39, 0.29) is 13.2 Å². The Kier molecular flexibility index (Phi) is 21.4. The lowest BCUT2D eigenvalue weighted by atomic mass is 10.1. The maximum atomic E-state index is 11.4.